The van der Waals surface area contributed by atoms with Crippen LogP contribution in [0.5, 0.6) is 0 Å². The lowest BCUT2D eigenvalue weighted by atomic mass is 10.3. The average Bonchev–Trinajstić information content (AvgIpc) is 2.88. The minimum Gasteiger partial charge on any atom is -0.465 e. The van der Waals surface area contributed by atoms with Gasteiger partial charge in [0.05, 0.1) is 33.3 Å². The van der Waals surface area contributed by atoms with Crippen LogP contribution < -0.4 is 4.72 Å². The van der Waals surface area contributed by atoms with Crippen molar-refractivity contribution in [2.24, 2.45) is 0 Å². The molecule has 112 valence electrons. The number of benzene rings is 1. The van der Waals surface area contributed by atoms with E-state index in [0.29, 0.717) is 0 Å². The molecule has 9 heteroatoms. The summed E-state index contributed by atoms with van der Waals surface area (Å²) in [5.74, 6) is -0.622. The second kappa shape index (κ2) is 6.23. The normalized spacial score (nSPS) is 11.2. The van der Waals surface area contributed by atoms with Gasteiger partial charge in [-0.3, -0.25) is 4.72 Å². The number of ether oxygens (including phenoxy) is 1. The first kappa shape index (κ1) is 16.1. The predicted molar refractivity (Wildman–Crippen MR) is 82.9 cm³/mol. The highest BCUT2D eigenvalue weighted by Gasteiger charge is 2.20. The fourth-order valence-electron chi connectivity index (χ4n) is 1.49. The molecule has 0 aliphatic heterocycles. The Morgan fingerprint density at radius 1 is 1.24 bits per heavy atom. The summed E-state index contributed by atoms with van der Waals surface area (Å²) in [6.45, 7) is 0. The molecule has 0 bridgehead atoms. The van der Waals surface area contributed by atoms with Gasteiger partial charge in [-0.05, 0) is 18.2 Å². The lowest BCUT2D eigenvalue weighted by Gasteiger charge is -2.09. The summed E-state index contributed by atoms with van der Waals surface area (Å²) in [6.07, 6.45) is 0. The summed E-state index contributed by atoms with van der Waals surface area (Å²) in [5.41, 5.74) is 0.295. The molecule has 0 unspecified atom stereocenters. The molecule has 1 N–H and O–H groups in total. The average molecular weight is 366 g/mol. The molecular weight excluding hydrogens is 357 g/mol. The third-order valence-corrected chi connectivity index (χ3v) is 5.36. The molecule has 1 aromatic carbocycles. The van der Waals surface area contributed by atoms with Gasteiger partial charge in [0.15, 0.2) is 0 Å². The van der Waals surface area contributed by atoms with E-state index in [1.807, 2.05) is 0 Å². The fraction of sp³-hybridized carbons (Fsp3) is 0.0833. The largest absolute Gasteiger partial charge is 0.465 e. The van der Waals surface area contributed by atoms with Crippen LogP contribution in [0.3, 0.4) is 0 Å². The van der Waals surface area contributed by atoms with E-state index in [1.165, 1.54) is 47.4 Å². The third-order valence-electron chi connectivity index (χ3n) is 2.51. The van der Waals surface area contributed by atoms with E-state index in [9.17, 15) is 13.2 Å². The summed E-state index contributed by atoms with van der Waals surface area (Å²) < 4.78 is 31.4. The molecule has 2 rings (SSSR count). The lowest BCUT2D eigenvalue weighted by Crippen LogP contribution is -2.15. The number of carbonyl (C=O) groups is 1. The lowest BCUT2D eigenvalue weighted by molar-refractivity contribution is 0.0602. The van der Waals surface area contributed by atoms with E-state index in [2.05, 4.69) is 9.46 Å². The second-order valence-corrected chi connectivity index (χ2v) is 7.11. The Morgan fingerprint density at radius 3 is 2.57 bits per heavy atom. The van der Waals surface area contributed by atoms with Crippen LogP contribution in [0.2, 0.25) is 10.0 Å². The molecule has 0 radical (unpaired) electrons. The van der Waals surface area contributed by atoms with E-state index < -0.39 is 16.0 Å². The number of rotatable bonds is 4. The number of anilines is 1. The van der Waals surface area contributed by atoms with E-state index in [4.69, 9.17) is 23.2 Å². The Hall–Kier alpha value is -1.28. The number of halogens is 2. The first-order chi connectivity index (χ1) is 9.85. The van der Waals surface area contributed by atoms with Crippen LogP contribution in [-0.2, 0) is 14.8 Å². The van der Waals surface area contributed by atoms with Crippen molar-refractivity contribution in [3.8, 4) is 0 Å². The Morgan fingerprint density at radius 2 is 1.95 bits per heavy atom. The summed E-state index contributed by atoms with van der Waals surface area (Å²) in [5, 5.41) is 3.37. The molecule has 0 fully saturated rings. The van der Waals surface area contributed by atoms with Crippen molar-refractivity contribution in [1.29, 1.82) is 0 Å². The molecule has 0 aliphatic rings. The molecule has 5 nitrogen and oxygen atoms in total. The summed E-state index contributed by atoms with van der Waals surface area (Å²) in [7, 11) is -2.66. The maximum Gasteiger partial charge on any atom is 0.340 e. The number of hydrogen-bond acceptors (Lipinski definition) is 5. The minimum atomic E-state index is -3.88. The van der Waals surface area contributed by atoms with Gasteiger partial charge in [0.1, 0.15) is 0 Å². The number of carbonyl (C=O) groups excluding carboxylic acids is 1. The highest BCUT2D eigenvalue weighted by molar-refractivity contribution is 7.92. The predicted octanol–water partition coefficient (Wildman–Crippen LogP) is 3.64. The highest BCUT2D eigenvalue weighted by atomic mass is 35.5. The molecule has 0 spiro atoms. The van der Waals surface area contributed by atoms with Crippen molar-refractivity contribution < 1.29 is 17.9 Å². The van der Waals surface area contributed by atoms with Crippen LogP contribution >= 0.6 is 34.5 Å². The topological polar surface area (TPSA) is 72.5 Å². The van der Waals surface area contributed by atoms with E-state index in [0.717, 1.165) is 0 Å². The SMILES string of the molecule is COC(=O)c1cscc1NS(=O)(=O)c1ccc(Cl)c(Cl)c1. The quantitative estimate of drug-likeness (QED) is 0.839. The van der Waals surface area contributed by atoms with Gasteiger partial charge in [-0.15, -0.1) is 11.3 Å². The Labute approximate surface area is 135 Å². The van der Waals surface area contributed by atoms with E-state index in [-0.39, 0.29) is 26.2 Å². The van der Waals surface area contributed by atoms with Crippen molar-refractivity contribution >= 4 is 56.2 Å². The standard InChI is InChI=1S/C12H9Cl2NO4S2/c1-19-12(16)8-5-20-6-11(8)15-21(17,18)7-2-3-9(13)10(14)4-7/h2-6,15H,1H3. The number of esters is 1. The van der Waals surface area contributed by atoms with Gasteiger partial charge in [-0.25, -0.2) is 13.2 Å². The molecular formula is C12H9Cl2NO4S2. The number of nitrogens with one attached hydrogen (secondary N) is 1. The molecule has 0 aliphatic carbocycles. The first-order valence-corrected chi connectivity index (χ1v) is 8.65. The molecule has 1 aromatic heterocycles. The minimum absolute atomic E-state index is 0.0566. The van der Waals surface area contributed by atoms with Crippen LogP contribution in [0.15, 0.2) is 33.9 Å². The maximum absolute atomic E-state index is 12.3. The van der Waals surface area contributed by atoms with Crippen LogP contribution in [0.4, 0.5) is 5.69 Å². The van der Waals surface area contributed by atoms with Crippen LogP contribution in [0, 0.1) is 0 Å². The van der Waals surface area contributed by atoms with Crippen molar-refractivity contribution in [3.05, 3.63) is 44.6 Å². The van der Waals surface area contributed by atoms with E-state index in [1.54, 1.807) is 0 Å². The van der Waals surface area contributed by atoms with Crippen LogP contribution in [0.1, 0.15) is 10.4 Å². The van der Waals surface area contributed by atoms with Crippen molar-refractivity contribution in [1.82, 2.24) is 0 Å². The van der Waals surface area contributed by atoms with Crippen molar-refractivity contribution in [3.63, 3.8) is 0 Å². The van der Waals surface area contributed by atoms with Gasteiger partial charge in [0, 0.05) is 10.8 Å². The number of hydrogen-bond donors (Lipinski definition) is 1. The summed E-state index contributed by atoms with van der Waals surface area (Å²) >= 11 is 12.7. The number of methoxy groups -OCH3 is 1. The van der Waals surface area contributed by atoms with Gasteiger partial charge < -0.3 is 4.74 Å². The molecule has 0 atom stereocenters. The monoisotopic (exact) mass is 365 g/mol. The van der Waals surface area contributed by atoms with Gasteiger partial charge in [-0.1, -0.05) is 23.2 Å². The number of sulfonamides is 1. The summed E-state index contributed by atoms with van der Waals surface area (Å²) in [4.78, 5) is 11.5. The molecule has 0 amide bonds. The van der Waals surface area contributed by atoms with Gasteiger partial charge in [0.25, 0.3) is 10.0 Å². The fourth-order valence-corrected chi connectivity index (χ4v) is 3.77. The molecule has 1 heterocycles. The Kier molecular flexibility index (Phi) is 4.77. The van der Waals surface area contributed by atoms with Gasteiger partial charge in [0.2, 0.25) is 0 Å². The zero-order valence-corrected chi connectivity index (χ0v) is 13.7. The van der Waals surface area contributed by atoms with Gasteiger partial charge >= 0.3 is 5.97 Å². The maximum atomic E-state index is 12.3. The highest BCUT2D eigenvalue weighted by Crippen LogP contribution is 2.28. The Bertz CT molecular complexity index is 786. The molecule has 0 saturated carbocycles. The van der Waals surface area contributed by atoms with Crippen molar-refractivity contribution in [2.75, 3.05) is 11.8 Å². The smallest absolute Gasteiger partial charge is 0.340 e. The zero-order chi connectivity index (χ0) is 15.6. The second-order valence-electron chi connectivity index (χ2n) is 3.87. The molecule has 2 aromatic rings. The first-order valence-electron chi connectivity index (χ1n) is 5.47. The van der Waals surface area contributed by atoms with Crippen LogP contribution in [0.25, 0.3) is 0 Å². The van der Waals surface area contributed by atoms with Crippen molar-refractivity contribution in [2.45, 2.75) is 4.90 Å². The van der Waals surface area contributed by atoms with Crippen LogP contribution in [-0.4, -0.2) is 21.5 Å². The summed E-state index contributed by atoms with van der Waals surface area (Å²) in [6, 6.07) is 3.93. The third kappa shape index (κ3) is 3.49. The van der Waals surface area contributed by atoms with E-state index >= 15 is 0 Å². The number of thiophene rings is 1. The zero-order valence-electron chi connectivity index (χ0n) is 10.6. The Balaban J connectivity index is 2.36. The molecule has 21 heavy (non-hydrogen) atoms. The molecule has 0 saturated heterocycles. The van der Waals surface area contributed by atoms with Gasteiger partial charge in [-0.2, -0.15) is 0 Å².